The molecular formula is C27H24F2N4O2. The van der Waals surface area contributed by atoms with E-state index < -0.39 is 11.6 Å². The fourth-order valence-electron chi connectivity index (χ4n) is 3.54. The Bertz CT molecular complexity index is 1350. The second-order valence-electron chi connectivity index (χ2n) is 8.17. The zero-order valence-electron chi connectivity index (χ0n) is 19.5. The van der Waals surface area contributed by atoms with Crippen molar-refractivity contribution in [2.75, 3.05) is 19.0 Å². The number of halogens is 2. The maximum atomic E-state index is 13.4. The summed E-state index contributed by atoms with van der Waals surface area (Å²) in [6, 6.07) is 15.7. The second-order valence-corrected chi connectivity index (χ2v) is 8.17. The second kappa shape index (κ2) is 10.3. The molecule has 0 aliphatic carbocycles. The zero-order chi connectivity index (χ0) is 24.9. The van der Waals surface area contributed by atoms with E-state index in [1.54, 1.807) is 43.6 Å². The minimum atomic E-state index is -0.692. The SMILES string of the molecule is Cc1c(Oc2ccnc(-c3ccnc(N(C)C)c3)c2)cccc1C(=O)NCc1cc(F)cc(F)c1. The molecule has 1 amide bonds. The summed E-state index contributed by atoms with van der Waals surface area (Å²) in [5.41, 5.74) is 2.99. The van der Waals surface area contributed by atoms with Gasteiger partial charge in [0.05, 0.1) is 5.69 Å². The Morgan fingerprint density at radius 2 is 1.71 bits per heavy atom. The summed E-state index contributed by atoms with van der Waals surface area (Å²) < 4.78 is 32.9. The van der Waals surface area contributed by atoms with Crippen molar-refractivity contribution in [3.05, 3.63) is 101 Å². The third-order valence-electron chi connectivity index (χ3n) is 5.36. The average molecular weight is 475 g/mol. The summed E-state index contributed by atoms with van der Waals surface area (Å²) in [5.74, 6) is 0.126. The lowest BCUT2D eigenvalue weighted by Crippen LogP contribution is -2.23. The highest BCUT2D eigenvalue weighted by Gasteiger charge is 2.14. The molecule has 4 aromatic rings. The van der Waals surface area contributed by atoms with Gasteiger partial charge in [-0.25, -0.2) is 13.8 Å². The van der Waals surface area contributed by atoms with Crippen LogP contribution in [0.2, 0.25) is 0 Å². The lowest BCUT2D eigenvalue weighted by atomic mass is 10.1. The number of benzene rings is 2. The van der Waals surface area contributed by atoms with Crippen molar-refractivity contribution in [3.63, 3.8) is 0 Å². The number of ether oxygens (including phenoxy) is 1. The van der Waals surface area contributed by atoms with Gasteiger partial charge in [-0.1, -0.05) is 6.07 Å². The number of aromatic nitrogens is 2. The zero-order valence-corrected chi connectivity index (χ0v) is 19.5. The van der Waals surface area contributed by atoms with Crippen LogP contribution in [0, 0.1) is 18.6 Å². The van der Waals surface area contributed by atoms with Crippen molar-refractivity contribution in [2.24, 2.45) is 0 Å². The molecule has 0 spiro atoms. The van der Waals surface area contributed by atoms with Crippen LogP contribution >= 0.6 is 0 Å². The summed E-state index contributed by atoms with van der Waals surface area (Å²) in [5, 5.41) is 2.70. The van der Waals surface area contributed by atoms with Crippen LogP contribution in [0.1, 0.15) is 21.5 Å². The first-order chi connectivity index (χ1) is 16.8. The van der Waals surface area contributed by atoms with Gasteiger partial charge >= 0.3 is 0 Å². The van der Waals surface area contributed by atoms with Crippen LogP contribution in [0.5, 0.6) is 11.5 Å². The largest absolute Gasteiger partial charge is 0.457 e. The summed E-state index contributed by atoms with van der Waals surface area (Å²) in [7, 11) is 3.84. The van der Waals surface area contributed by atoms with Crippen LogP contribution in [0.15, 0.2) is 73.1 Å². The molecule has 35 heavy (non-hydrogen) atoms. The lowest BCUT2D eigenvalue weighted by Gasteiger charge is -2.14. The average Bonchev–Trinajstić information content (AvgIpc) is 2.83. The van der Waals surface area contributed by atoms with Gasteiger partial charge in [-0.15, -0.1) is 0 Å². The van der Waals surface area contributed by atoms with E-state index in [0.717, 1.165) is 23.1 Å². The molecule has 4 rings (SSSR count). The van der Waals surface area contributed by atoms with Gasteiger partial charge in [-0.05, 0) is 55.0 Å². The predicted molar refractivity (Wildman–Crippen MR) is 131 cm³/mol. The normalized spacial score (nSPS) is 10.7. The fraction of sp³-hybridized carbons (Fsp3) is 0.148. The summed E-state index contributed by atoms with van der Waals surface area (Å²) in [6.07, 6.45) is 3.38. The van der Waals surface area contributed by atoms with Crippen LogP contribution in [0.4, 0.5) is 14.6 Å². The Morgan fingerprint density at radius 1 is 0.971 bits per heavy atom. The van der Waals surface area contributed by atoms with E-state index in [2.05, 4.69) is 15.3 Å². The number of anilines is 1. The Hall–Kier alpha value is -4.33. The van der Waals surface area contributed by atoms with E-state index in [1.165, 1.54) is 12.1 Å². The van der Waals surface area contributed by atoms with Crippen LogP contribution in [-0.2, 0) is 6.54 Å². The van der Waals surface area contributed by atoms with Gasteiger partial charge in [0.25, 0.3) is 5.91 Å². The van der Waals surface area contributed by atoms with Gasteiger partial charge < -0.3 is 15.0 Å². The van der Waals surface area contributed by atoms with Gasteiger partial charge in [-0.2, -0.15) is 0 Å². The molecule has 0 saturated heterocycles. The molecule has 2 aromatic carbocycles. The molecule has 8 heteroatoms. The fourth-order valence-corrected chi connectivity index (χ4v) is 3.54. The molecule has 0 aliphatic heterocycles. The molecule has 0 radical (unpaired) electrons. The Labute approximate surface area is 202 Å². The number of nitrogens with one attached hydrogen (secondary N) is 1. The van der Waals surface area contributed by atoms with Gasteiger partial charge in [0, 0.05) is 61.9 Å². The van der Waals surface area contributed by atoms with E-state index >= 15 is 0 Å². The maximum Gasteiger partial charge on any atom is 0.251 e. The quantitative estimate of drug-likeness (QED) is 0.382. The highest BCUT2D eigenvalue weighted by Crippen LogP contribution is 2.30. The highest BCUT2D eigenvalue weighted by molar-refractivity contribution is 5.96. The van der Waals surface area contributed by atoms with Crippen molar-refractivity contribution in [1.29, 1.82) is 0 Å². The molecular weight excluding hydrogens is 450 g/mol. The Kier molecular flexibility index (Phi) is 7.01. The maximum absolute atomic E-state index is 13.4. The van der Waals surface area contributed by atoms with E-state index in [0.29, 0.717) is 28.2 Å². The molecule has 2 heterocycles. The molecule has 6 nitrogen and oxygen atoms in total. The van der Waals surface area contributed by atoms with Gasteiger partial charge in [-0.3, -0.25) is 9.78 Å². The lowest BCUT2D eigenvalue weighted by molar-refractivity contribution is 0.0950. The third kappa shape index (κ3) is 5.78. The predicted octanol–water partition coefficient (Wildman–Crippen LogP) is 5.52. The Balaban J connectivity index is 1.51. The van der Waals surface area contributed by atoms with E-state index in [9.17, 15) is 13.6 Å². The summed E-state index contributed by atoms with van der Waals surface area (Å²) >= 11 is 0. The Morgan fingerprint density at radius 3 is 2.46 bits per heavy atom. The van der Waals surface area contributed by atoms with Crippen molar-refractivity contribution in [3.8, 4) is 22.8 Å². The number of rotatable bonds is 7. The molecule has 0 bridgehead atoms. The van der Waals surface area contributed by atoms with Gasteiger partial charge in [0.2, 0.25) is 0 Å². The molecule has 2 aromatic heterocycles. The minimum Gasteiger partial charge on any atom is -0.457 e. The van der Waals surface area contributed by atoms with Crippen LogP contribution in [0.25, 0.3) is 11.3 Å². The van der Waals surface area contributed by atoms with E-state index in [4.69, 9.17) is 4.74 Å². The standard InChI is InChI=1S/C27H24F2N4O2/c1-17-23(27(34)32-16-18-11-20(28)14-21(29)12-18)5-4-6-25(17)35-22-8-10-30-24(15-22)19-7-9-31-26(13-19)33(2)3/h4-15H,16H2,1-3H3,(H,32,34). The molecule has 0 atom stereocenters. The van der Waals surface area contributed by atoms with Crippen molar-refractivity contribution >= 4 is 11.7 Å². The number of hydrogen-bond acceptors (Lipinski definition) is 5. The van der Waals surface area contributed by atoms with Crippen LogP contribution in [0.3, 0.4) is 0 Å². The summed E-state index contributed by atoms with van der Waals surface area (Å²) in [6.45, 7) is 1.77. The van der Waals surface area contributed by atoms with Crippen molar-refractivity contribution < 1.29 is 18.3 Å². The smallest absolute Gasteiger partial charge is 0.251 e. The highest BCUT2D eigenvalue weighted by atomic mass is 19.1. The summed E-state index contributed by atoms with van der Waals surface area (Å²) in [4.78, 5) is 23.4. The van der Waals surface area contributed by atoms with E-state index in [1.807, 2.05) is 37.2 Å². The first kappa shape index (κ1) is 23.8. The molecule has 0 saturated carbocycles. The molecule has 0 aliphatic rings. The monoisotopic (exact) mass is 474 g/mol. The number of pyridine rings is 2. The first-order valence-corrected chi connectivity index (χ1v) is 10.9. The van der Waals surface area contributed by atoms with Gasteiger partial charge in [0.1, 0.15) is 29.0 Å². The molecule has 0 unspecified atom stereocenters. The van der Waals surface area contributed by atoms with Crippen LogP contribution in [-0.4, -0.2) is 30.0 Å². The topological polar surface area (TPSA) is 67.4 Å². The van der Waals surface area contributed by atoms with Crippen molar-refractivity contribution in [2.45, 2.75) is 13.5 Å². The van der Waals surface area contributed by atoms with Crippen molar-refractivity contribution in [1.82, 2.24) is 15.3 Å². The number of carbonyl (C=O) groups is 1. The number of amides is 1. The number of nitrogens with zero attached hydrogens (tertiary/aromatic N) is 3. The minimum absolute atomic E-state index is 0.00732. The number of hydrogen-bond donors (Lipinski definition) is 1. The first-order valence-electron chi connectivity index (χ1n) is 10.9. The molecule has 1 N–H and O–H groups in total. The molecule has 178 valence electrons. The number of carbonyl (C=O) groups excluding carboxylic acids is 1. The van der Waals surface area contributed by atoms with E-state index in [-0.39, 0.29) is 12.5 Å². The van der Waals surface area contributed by atoms with Gasteiger partial charge in [0.15, 0.2) is 0 Å². The third-order valence-corrected chi connectivity index (χ3v) is 5.36. The van der Waals surface area contributed by atoms with Crippen LogP contribution < -0.4 is 15.0 Å². The molecule has 0 fully saturated rings.